The Hall–Kier alpha value is -1.52. The first-order valence-electron chi connectivity index (χ1n) is 6.75. The van der Waals surface area contributed by atoms with E-state index in [9.17, 15) is 5.11 Å². The number of rotatable bonds is 2. The SMILES string of the molecule is CCc1nn(C)cc1C1C[C@H](O)c2cc(Cl)ccc2O1. The number of benzene rings is 1. The minimum Gasteiger partial charge on any atom is -0.485 e. The van der Waals surface area contributed by atoms with Crippen LogP contribution >= 0.6 is 11.6 Å². The van der Waals surface area contributed by atoms with E-state index in [0.717, 1.165) is 23.2 Å². The maximum Gasteiger partial charge on any atom is 0.130 e. The van der Waals surface area contributed by atoms with Crippen molar-refractivity contribution in [1.29, 1.82) is 0 Å². The molecule has 4 nitrogen and oxygen atoms in total. The smallest absolute Gasteiger partial charge is 0.130 e. The number of halogens is 1. The molecule has 106 valence electrons. The highest BCUT2D eigenvalue weighted by Gasteiger charge is 2.30. The predicted octanol–water partition coefficient (Wildman–Crippen LogP) is 3.19. The van der Waals surface area contributed by atoms with Crippen LogP contribution in [-0.2, 0) is 13.5 Å². The molecule has 1 aliphatic heterocycles. The fourth-order valence-electron chi connectivity index (χ4n) is 2.71. The van der Waals surface area contributed by atoms with Crippen LogP contribution in [-0.4, -0.2) is 14.9 Å². The van der Waals surface area contributed by atoms with Crippen LogP contribution in [0, 0.1) is 0 Å². The summed E-state index contributed by atoms with van der Waals surface area (Å²) in [6, 6.07) is 5.36. The number of aliphatic hydroxyl groups is 1. The van der Waals surface area contributed by atoms with E-state index >= 15 is 0 Å². The van der Waals surface area contributed by atoms with Crippen LogP contribution in [0.15, 0.2) is 24.4 Å². The first-order valence-corrected chi connectivity index (χ1v) is 7.13. The minimum absolute atomic E-state index is 0.165. The predicted molar refractivity (Wildman–Crippen MR) is 77.0 cm³/mol. The van der Waals surface area contributed by atoms with Crippen molar-refractivity contribution < 1.29 is 9.84 Å². The molecule has 2 atom stereocenters. The fourth-order valence-corrected chi connectivity index (χ4v) is 2.89. The Morgan fingerprint density at radius 1 is 1.45 bits per heavy atom. The third kappa shape index (κ3) is 2.30. The molecule has 0 amide bonds. The van der Waals surface area contributed by atoms with Gasteiger partial charge >= 0.3 is 0 Å². The average Bonchev–Trinajstić information content (AvgIpc) is 2.80. The average molecular weight is 293 g/mol. The maximum atomic E-state index is 10.3. The standard InChI is InChI=1S/C15H17ClN2O2/c1-3-12-11(8-18(2)17-12)15-7-13(19)10-6-9(16)4-5-14(10)20-15/h4-6,8,13,15,19H,3,7H2,1-2H3/t13-,15?/m0/s1. The number of hydrogen-bond donors (Lipinski definition) is 1. The van der Waals surface area contributed by atoms with E-state index in [-0.39, 0.29) is 6.10 Å². The fraction of sp³-hybridized carbons (Fsp3) is 0.400. The van der Waals surface area contributed by atoms with E-state index in [1.54, 1.807) is 16.8 Å². The number of ether oxygens (including phenoxy) is 1. The first-order chi connectivity index (χ1) is 9.58. The zero-order valence-corrected chi connectivity index (χ0v) is 12.3. The van der Waals surface area contributed by atoms with Gasteiger partial charge in [0.1, 0.15) is 11.9 Å². The highest BCUT2D eigenvalue weighted by atomic mass is 35.5. The van der Waals surface area contributed by atoms with Crippen LogP contribution in [0.1, 0.15) is 42.4 Å². The van der Waals surface area contributed by atoms with Crippen molar-refractivity contribution in [1.82, 2.24) is 9.78 Å². The summed E-state index contributed by atoms with van der Waals surface area (Å²) in [7, 11) is 1.90. The number of aryl methyl sites for hydroxylation is 2. The zero-order valence-electron chi connectivity index (χ0n) is 11.5. The number of aromatic nitrogens is 2. The van der Waals surface area contributed by atoms with Gasteiger partial charge in [-0.1, -0.05) is 18.5 Å². The minimum atomic E-state index is -0.563. The molecule has 0 aliphatic carbocycles. The number of hydrogen-bond acceptors (Lipinski definition) is 3. The normalized spacial score (nSPS) is 21.4. The van der Waals surface area contributed by atoms with Crippen LogP contribution in [0.3, 0.4) is 0 Å². The zero-order chi connectivity index (χ0) is 14.3. The van der Waals surface area contributed by atoms with E-state index in [2.05, 4.69) is 12.0 Å². The second-order valence-corrected chi connectivity index (χ2v) is 5.53. The largest absolute Gasteiger partial charge is 0.485 e. The number of aliphatic hydroxyl groups excluding tert-OH is 1. The van der Waals surface area contributed by atoms with E-state index in [0.29, 0.717) is 17.2 Å². The molecule has 1 N–H and O–H groups in total. The van der Waals surface area contributed by atoms with Gasteiger partial charge in [-0.2, -0.15) is 5.10 Å². The van der Waals surface area contributed by atoms with Gasteiger partial charge in [-0.3, -0.25) is 4.68 Å². The molecule has 1 aromatic heterocycles. The molecule has 1 aromatic carbocycles. The molecule has 20 heavy (non-hydrogen) atoms. The van der Waals surface area contributed by atoms with Crippen molar-refractivity contribution in [3.05, 3.63) is 46.2 Å². The lowest BCUT2D eigenvalue weighted by Gasteiger charge is -2.29. The first kappa shape index (κ1) is 13.5. The van der Waals surface area contributed by atoms with Gasteiger partial charge < -0.3 is 9.84 Å². The Kier molecular flexibility index (Phi) is 3.44. The second-order valence-electron chi connectivity index (χ2n) is 5.10. The van der Waals surface area contributed by atoms with E-state index in [4.69, 9.17) is 16.3 Å². The molecular formula is C15H17ClN2O2. The van der Waals surface area contributed by atoms with Crippen molar-refractivity contribution in [2.24, 2.45) is 7.05 Å². The summed E-state index contributed by atoms with van der Waals surface area (Å²) in [5.74, 6) is 0.698. The number of nitrogens with zero attached hydrogens (tertiary/aromatic N) is 2. The molecule has 1 unspecified atom stereocenters. The Labute approximate surface area is 122 Å². The summed E-state index contributed by atoms with van der Waals surface area (Å²) in [5.41, 5.74) is 2.83. The summed E-state index contributed by atoms with van der Waals surface area (Å²) in [6.07, 6.45) is 2.61. The van der Waals surface area contributed by atoms with Gasteiger partial charge in [0.2, 0.25) is 0 Å². The molecule has 0 fully saturated rings. The second kappa shape index (κ2) is 5.11. The Bertz CT molecular complexity index is 639. The third-order valence-corrected chi connectivity index (χ3v) is 3.89. The van der Waals surface area contributed by atoms with Crippen molar-refractivity contribution in [2.45, 2.75) is 32.0 Å². The summed E-state index contributed by atoms with van der Waals surface area (Å²) in [6.45, 7) is 2.07. The summed E-state index contributed by atoms with van der Waals surface area (Å²) in [5, 5.41) is 15.4. The van der Waals surface area contributed by atoms with Gasteiger partial charge in [0.25, 0.3) is 0 Å². The molecule has 0 spiro atoms. The maximum absolute atomic E-state index is 10.3. The molecule has 2 heterocycles. The molecular weight excluding hydrogens is 276 g/mol. The van der Waals surface area contributed by atoms with Crippen LogP contribution in [0.5, 0.6) is 5.75 Å². The lowest BCUT2D eigenvalue weighted by atomic mass is 9.95. The molecule has 0 saturated heterocycles. The Morgan fingerprint density at radius 3 is 3.00 bits per heavy atom. The van der Waals surface area contributed by atoms with E-state index in [1.165, 1.54) is 0 Å². The topological polar surface area (TPSA) is 47.3 Å². The monoisotopic (exact) mass is 292 g/mol. The highest BCUT2D eigenvalue weighted by molar-refractivity contribution is 6.30. The van der Waals surface area contributed by atoms with Crippen molar-refractivity contribution in [2.75, 3.05) is 0 Å². The molecule has 5 heteroatoms. The van der Waals surface area contributed by atoms with E-state index < -0.39 is 6.10 Å². The van der Waals surface area contributed by atoms with Crippen LogP contribution in [0.25, 0.3) is 0 Å². The van der Waals surface area contributed by atoms with Crippen LogP contribution < -0.4 is 4.74 Å². The van der Waals surface area contributed by atoms with Crippen LogP contribution in [0.4, 0.5) is 0 Å². The third-order valence-electron chi connectivity index (χ3n) is 3.66. The Morgan fingerprint density at radius 2 is 2.25 bits per heavy atom. The molecule has 0 bridgehead atoms. The van der Waals surface area contributed by atoms with Crippen molar-refractivity contribution in [3.8, 4) is 5.75 Å². The molecule has 3 rings (SSSR count). The van der Waals surface area contributed by atoms with Crippen molar-refractivity contribution in [3.63, 3.8) is 0 Å². The van der Waals surface area contributed by atoms with Gasteiger partial charge in [0.05, 0.1) is 11.8 Å². The van der Waals surface area contributed by atoms with Gasteiger partial charge in [-0.15, -0.1) is 0 Å². The van der Waals surface area contributed by atoms with Gasteiger partial charge in [-0.05, 0) is 24.6 Å². The molecule has 2 aromatic rings. The molecule has 1 aliphatic rings. The quantitative estimate of drug-likeness (QED) is 0.925. The van der Waals surface area contributed by atoms with Gasteiger partial charge in [-0.25, -0.2) is 0 Å². The van der Waals surface area contributed by atoms with Crippen LogP contribution in [0.2, 0.25) is 5.02 Å². The molecule has 0 saturated carbocycles. The number of fused-ring (bicyclic) bond motifs is 1. The summed E-state index contributed by atoms with van der Waals surface area (Å²) >= 11 is 5.97. The lowest BCUT2D eigenvalue weighted by Crippen LogP contribution is -2.19. The van der Waals surface area contributed by atoms with Crippen molar-refractivity contribution >= 4 is 11.6 Å². The van der Waals surface area contributed by atoms with E-state index in [1.807, 2.05) is 19.3 Å². The van der Waals surface area contributed by atoms with Gasteiger partial charge in [0.15, 0.2) is 0 Å². The lowest BCUT2D eigenvalue weighted by molar-refractivity contribution is 0.0653. The van der Waals surface area contributed by atoms with Gasteiger partial charge in [0, 0.05) is 35.8 Å². The molecule has 0 radical (unpaired) electrons. The highest BCUT2D eigenvalue weighted by Crippen LogP contribution is 2.42. The Balaban J connectivity index is 1.96. The summed E-state index contributed by atoms with van der Waals surface area (Å²) < 4.78 is 7.82. The summed E-state index contributed by atoms with van der Waals surface area (Å²) in [4.78, 5) is 0.